The number of benzene rings is 1. The molecule has 11 heteroatoms. The van der Waals surface area contributed by atoms with Crippen molar-refractivity contribution in [2.24, 2.45) is 7.05 Å². The monoisotopic (exact) mass is 425 g/mol. The number of ether oxygens (including phenoxy) is 2. The minimum atomic E-state index is -4.71. The van der Waals surface area contributed by atoms with E-state index in [1.54, 1.807) is 31.2 Å². The van der Waals surface area contributed by atoms with Crippen LogP contribution in [0.25, 0.3) is 11.0 Å². The molecule has 0 aliphatic heterocycles. The van der Waals surface area contributed by atoms with Crippen LogP contribution in [0.4, 0.5) is 13.2 Å². The summed E-state index contributed by atoms with van der Waals surface area (Å²) in [6.07, 6.45) is -4.71. The lowest BCUT2D eigenvalue weighted by molar-refractivity contribution is -0.153. The molecule has 0 spiro atoms. The van der Waals surface area contributed by atoms with Crippen molar-refractivity contribution >= 4 is 17.0 Å². The van der Waals surface area contributed by atoms with E-state index >= 15 is 0 Å². The number of halogens is 3. The standard InChI is InChI=1S/C19H18F3N3O5/c1-10-23-16-13(15(30-9-19(20,21)22)14(18(27)28)24(16)2)17(26)25(10)8-11-5-4-6-12(7-11)29-3/h4-7H,8-9H2,1-3H3,(H,27,28). The van der Waals surface area contributed by atoms with E-state index in [9.17, 15) is 27.9 Å². The Hall–Kier alpha value is -3.50. The van der Waals surface area contributed by atoms with Gasteiger partial charge in [-0.3, -0.25) is 9.36 Å². The van der Waals surface area contributed by atoms with Gasteiger partial charge in [-0.1, -0.05) is 12.1 Å². The minimum absolute atomic E-state index is 0.0564. The fourth-order valence-electron chi connectivity index (χ4n) is 3.14. The van der Waals surface area contributed by atoms with Crippen molar-refractivity contribution < 1.29 is 32.5 Å². The molecule has 1 aromatic carbocycles. The fourth-order valence-corrected chi connectivity index (χ4v) is 3.14. The minimum Gasteiger partial charge on any atom is -0.497 e. The number of carboxylic acids is 1. The maximum Gasteiger partial charge on any atom is 0.422 e. The number of carboxylic acid groups (broad SMARTS) is 1. The molecule has 0 aliphatic carbocycles. The Morgan fingerprint density at radius 1 is 1.30 bits per heavy atom. The third-order valence-corrected chi connectivity index (χ3v) is 4.49. The Morgan fingerprint density at radius 3 is 2.60 bits per heavy atom. The Labute approximate surface area is 168 Å². The second-order valence-electron chi connectivity index (χ2n) is 6.55. The zero-order chi connectivity index (χ0) is 22.2. The summed E-state index contributed by atoms with van der Waals surface area (Å²) in [5.41, 5.74) is -0.681. The van der Waals surface area contributed by atoms with E-state index in [-0.39, 0.29) is 23.4 Å². The molecule has 3 rings (SSSR count). The van der Waals surface area contributed by atoms with E-state index in [0.29, 0.717) is 11.3 Å². The molecule has 1 N–H and O–H groups in total. The number of nitrogens with zero attached hydrogens (tertiary/aromatic N) is 3. The van der Waals surface area contributed by atoms with Crippen LogP contribution in [0.5, 0.6) is 11.5 Å². The second-order valence-corrected chi connectivity index (χ2v) is 6.55. The molecule has 0 amide bonds. The highest BCUT2D eigenvalue weighted by Gasteiger charge is 2.33. The van der Waals surface area contributed by atoms with Crippen LogP contribution >= 0.6 is 0 Å². The van der Waals surface area contributed by atoms with Gasteiger partial charge in [-0.05, 0) is 24.6 Å². The lowest BCUT2D eigenvalue weighted by Crippen LogP contribution is -2.25. The van der Waals surface area contributed by atoms with Crippen LogP contribution in [0.1, 0.15) is 21.9 Å². The number of aromatic nitrogens is 3. The van der Waals surface area contributed by atoms with Crippen LogP contribution in [-0.4, -0.2) is 45.1 Å². The lowest BCUT2D eigenvalue weighted by Gasteiger charge is -2.12. The number of fused-ring (bicyclic) bond motifs is 1. The Morgan fingerprint density at radius 2 is 2.00 bits per heavy atom. The van der Waals surface area contributed by atoms with Crippen molar-refractivity contribution in [1.82, 2.24) is 14.1 Å². The number of hydrogen-bond donors (Lipinski definition) is 1. The van der Waals surface area contributed by atoms with Crippen molar-refractivity contribution in [1.29, 1.82) is 0 Å². The summed E-state index contributed by atoms with van der Waals surface area (Å²) < 4.78 is 50.3. The van der Waals surface area contributed by atoms with E-state index in [2.05, 4.69) is 4.98 Å². The van der Waals surface area contributed by atoms with E-state index in [0.717, 1.165) is 4.57 Å². The summed E-state index contributed by atoms with van der Waals surface area (Å²) in [5.74, 6) is -1.37. The number of aryl methyl sites for hydroxylation is 2. The normalized spacial score (nSPS) is 11.7. The predicted octanol–water partition coefficient (Wildman–Crippen LogP) is 2.74. The summed E-state index contributed by atoms with van der Waals surface area (Å²) in [6, 6.07) is 6.89. The number of carbonyl (C=O) groups is 1. The number of aromatic carboxylic acids is 1. The molecule has 0 saturated heterocycles. The van der Waals surface area contributed by atoms with Gasteiger partial charge < -0.3 is 19.1 Å². The highest BCUT2D eigenvalue weighted by Crippen LogP contribution is 2.31. The molecule has 0 aliphatic rings. The van der Waals surface area contributed by atoms with Crippen molar-refractivity contribution in [3.05, 3.63) is 51.7 Å². The van der Waals surface area contributed by atoms with Crippen molar-refractivity contribution in [2.45, 2.75) is 19.6 Å². The Bertz CT molecular complexity index is 1180. The van der Waals surface area contributed by atoms with Gasteiger partial charge in [0.1, 0.15) is 17.0 Å². The maximum atomic E-state index is 13.2. The average Bonchev–Trinajstić information content (AvgIpc) is 2.95. The molecule has 0 bridgehead atoms. The predicted molar refractivity (Wildman–Crippen MR) is 100 cm³/mol. The highest BCUT2D eigenvalue weighted by atomic mass is 19.4. The van der Waals surface area contributed by atoms with Gasteiger partial charge in [0.2, 0.25) is 0 Å². The Balaban J connectivity index is 2.21. The van der Waals surface area contributed by atoms with Crippen LogP contribution in [0, 0.1) is 6.92 Å². The molecule has 0 atom stereocenters. The lowest BCUT2D eigenvalue weighted by atomic mass is 10.2. The molecule has 2 heterocycles. The van der Waals surface area contributed by atoms with Gasteiger partial charge in [0.15, 0.2) is 23.7 Å². The largest absolute Gasteiger partial charge is 0.497 e. The van der Waals surface area contributed by atoms with Crippen LogP contribution in [-0.2, 0) is 13.6 Å². The molecule has 160 valence electrons. The van der Waals surface area contributed by atoms with Crippen molar-refractivity contribution in [3.8, 4) is 11.5 Å². The van der Waals surface area contributed by atoms with Gasteiger partial charge in [0.25, 0.3) is 5.56 Å². The summed E-state index contributed by atoms with van der Waals surface area (Å²) >= 11 is 0. The summed E-state index contributed by atoms with van der Waals surface area (Å²) in [7, 11) is 2.79. The van der Waals surface area contributed by atoms with E-state index in [1.165, 1.54) is 18.7 Å². The smallest absolute Gasteiger partial charge is 0.422 e. The molecular weight excluding hydrogens is 407 g/mol. The first-order valence-electron chi connectivity index (χ1n) is 8.69. The number of hydrogen-bond acceptors (Lipinski definition) is 5. The third-order valence-electron chi connectivity index (χ3n) is 4.49. The fraction of sp³-hybridized carbons (Fsp3) is 0.316. The van der Waals surface area contributed by atoms with Gasteiger partial charge in [0, 0.05) is 7.05 Å². The summed E-state index contributed by atoms with van der Waals surface area (Å²) in [5, 5.41) is 9.14. The molecule has 2 aromatic heterocycles. The van der Waals surface area contributed by atoms with E-state index < -0.39 is 35.8 Å². The summed E-state index contributed by atoms with van der Waals surface area (Å²) in [4.78, 5) is 29.1. The first-order chi connectivity index (χ1) is 14.0. The van der Waals surface area contributed by atoms with Crippen LogP contribution in [0.15, 0.2) is 29.1 Å². The van der Waals surface area contributed by atoms with Gasteiger partial charge >= 0.3 is 12.1 Å². The second kappa shape index (κ2) is 7.73. The van der Waals surface area contributed by atoms with Crippen molar-refractivity contribution in [3.63, 3.8) is 0 Å². The summed E-state index contributed by atoms with van der Waals surface area (Å²) in [6.45, 7) is -0.138. The Kier molecular flexibility index (Phi) is 5.47. The molecule has 0 unspecified atom stereocenters. The molecule has 0 saturated carbocycles. The first-order valence-corrected chi connectivity index (χ1v) is 8.69. The van der Waals surface area contributed by atoms with Crippen LogP contribution in [0.3, 0.4) is 0 Å². The quantitative estimate of drug-likeness (QED) is 0.653. The first kappa shape index (κ1) is 21.2. The zero-order valence-electron chi connectivity index (χ0n) is 16.3. The van der Waals surface area contributed by atoms with Gasteiger partial charge in [-0.2, -0.15) is 13.2 Å². The van der Waals surface area contributed by atoms with Gasteiger partial charge in [0.05, 0.1) is 13.7 Å². The van der Waals surface area contributed by atoms with Gasteiger partial charge in [-0.15, -0.1) is 0 Å². The molecule has 0 fully saturated rings. The van der Waals surface area contributed by atoms with Crippen LogP contribution < -0.4 is 15.0 Å². The van der Waals surface area contributed by atoms with Crippen LogP contribution in [0.2, 0.25) is 0 Å². The van der Waals surface area contributed by atoms with E-state index in [4.69, 9.17) is 9.47 Å². The molecule has 30 heavy (non-hydrogen) atoms. The molecule has 8 nitrogen and oxygen atoms in total. The third kappa shape index (κ3) is 3.95. The average molecular weight is 425 g/mol. The molecule has 3 aromatic rings. The van der Waals surface area contributed by atoms with Crippen molar-refractivity contribution in [2.75, 3.05) is 13.7 Å². The van der Waals surface area contributed by atoms with Gasteiger partial charge in [-0.25, -0.2) is 9.78 Å². The number of methoxy groups -OCH3 is 1. The SMILES string of the molecule is COc1cccc(Cn2c(C)nc3c(c(OCC(F)(F)F)c(C(=O)O)n3C)c2=O)c1. The molecular formula is C19H18F3N3O5. The zero-order valence-corrected chi connectivity index (χ0v) is 16.3. The highest BCUT2D eigenvalue weighted by molar-refractivity contribution is 5.99. The topological polar surface area (TPSA) is 95.6 Å². The maximum absolute atomic E-state index is 13.2. The molecule has 0 radical (unpaired) electrons. The number of rotatable bonds is 6. The number of alkyl halides is 3. The van der Waals surface area contributed by atoms with E-state index in [1.807, 2.05) is 0 Å².